The number of rotatable bonds is 5. The van der Waals surface area contributed by atoms with Crippen LogP contribution in [0.25, 0.3) is 10.7 Å². The number of hydroxylamine groups is 1. The van der Waals surface area contributed by atoms with Gasteiger partial charge in [-0.05, 0) is 51.4 Å². The van der Waals surface area contributed by atoms with E-state index in [4.69, 9.17) is 9.42 Å². The summed E-state index contributed by atoms with van der Waals surface area (Å²) in [6.45, 7) is 1.68. The number of anilines is 1. The Morgan fingerprint density at radius 1 is 1.26 bits per heavy atom. The molecule has 0 aliphatic rings. The number of halogens is 5. The first kappa shape index (κ1) is 28.4. The third-order valence-electron chi connectivity index (χ3n) is 4.11. The van der Waals surface area contributed by atoms with E-state index in [1.54, 1.807) is 13.1 Å². The Morgan fingerprint density at radius 3 is 2.61 bits per heavy atom. The normalized spacial score (nSPS) is 11.4. The van der Waals surface area contributed by atoms with Crippen molar-refractivity contribution in [3.05, 3.63) is 63.3 Å². The van der Waals surface area contributed by atoms with Gasteiger partial charge in [0.15, 0.2) is 11.5 Å². The Hall–Kier alpha value is -4.16. The summed E-state index contributed by atoms with van der Waals surface area (Å²) in [5.74, 6) is -1.26. The van der Waals surface area contributed by atoms with Crippen molar-refractivity contribution in [3.8, 4) is 10.7 Å². The van der Waals surface area contributed by atoms with Crippen molar-refractivity contribution >= 4 is 56.8 Å². The van der Waals surface area contributed by atoms with Crippen LogP contribution in [0.15, 0.2) is 50.9 Å². The van der Waals surface area contributed by atoms with Crippen LogP contribution in [-0.4, -0.2) is 54.7 Å². The van der Waals surface area contributed by atoms with E-state index in [0.717, 1.165) is 11.3 Å². The highest BCUT2D eigenvalue weighted by molar-refractivity contribution is 9.10. The van der Waals surface area contributed by atoms with E-state index >= 15 is 0 Å². The van der Waals surface area contributed by atoms with Gasteiger partial charge in [-0.1, -0.05) is 0 Å². The summed E-state index contributed by atoms with van der Waals surface area (Å²) in [5.41, 5.74) is 3.12. The Labute approximate surface area is 221 Å². The van der Waals surface area contributed by atoms with Gasteiger partial charge < -0.3 is 5.32 Å². The first-order valence-electron chi connectivity index (χ1n) is 9.87. The zero-order valence-corrected chi connectivity index (χ0v) is 21.1. The third-order valence-corrected chi connectivity index (χ3v) is 5.90. The molecule has 0 radical (unpaired) electrons. The number of aliphatic imine (C=N–C) groups is 1. The number of aryl methyl sites for hydroxylation is 1. The summed E-state index contributed by atoms with van der Waals surface area (Å²) in [6.07, 6.45) is -1.09. The Bertz CT molecular complexity index is 1460. The van der Waals surface area contributed by atoms with E-state index in [1.165, 1.54) is 30.6 Å². The van der Waals surface area contributed by atoms with Crippen molar-refractivity contribution in [2.75, 3.05) is 5.32 Å². The highest BCUT2D eigenvalue weighted by Crippen LogP contribution is 2.27. The Balaban J connectivity index is 0.000000599. The van der Waals surface area contributed by atoms with Crippen LogP contribution in [0.1, 0.15) is 21.1 Å². The minimum absolute atomic E-state index is 0.0717. The molecule has 0 aliphatic carbocycles. The second-order valence-electron chi connectivity index (χ2n) is 6.77. The average Bonchev–Trinajstić information content (AvgIpc) is 3.51. The fourth-order valence-electron chi connectivity index (χ4n) is 2.53. The fourth-order valence-corrected chi connectivity index (χ4v) is 3.82. The second kappa shape index (κ2) is 12.4. The smallest absolute Gasteiger partial charge is 0.301 e. The zero-order valence-electron chi connectivity index (χ0n) is 18.7. The molecule has 12 nitrogen and oxygen atoms in total. The van der Waals surface area contributed by atoms with Gasteiger partial charge in [0.2, 0.25) is 12.1 Å². The Kier molecular flexibility index (Phi) is 9.26. The third kappa shape index (κ3) is 7.43. The van der Waals surface area contributed by atoms with E-state index in [0.29, 0.717) is 27.0 Å². The van der Waals surface area contributed by atoms with E-state index < -0.39 is 24.2 Å². The first-order valence-corrected chi connectivity index (χ1v) is 11.5. The number of hydrogen-bond donors (Lipinski definition) is 3. The molecule has 18 heteroatoms. The average molecular weight is 617 g/mol. The molecule has 0 unspecified atom stereocenters. The number of amides is 1. The van der Waals surface area contributed by atoms with Crippen LogP contribution in [0.3, 0.4) is 0 Å². The van der Waals surface area contributed by atoms with Gasteiger partial charge in [-0.25, -0.2) is 19.0 Å². The lowest BCUT2D eigenvalue weighted by Gasteiger charge is -2.05. The summed E-state index contributed by atoms with van der Waals surface area (Å²) in [5, 5.41) is 19.9. The minimum Gasteiger partial charge on any atom is -0.301 e. The van der Waals surface area contributed by atoms with Crippen molar-refractivity contribution in [3.63, 3.8) is 0 Å². The van der Waals surface area contributed by atoms with Crippen LogP contribution in [0, 0.1) is 12.7 Å². The van der Waals surface area contributed by atoms with Crippen LogP contribution in [-0.2, 0) is 4.79 Å². The molecule has 0 saturated heterocycles. The molecular formula is C20H13BrF4N8O4S. The van der Waals surface area contributed by atoms with E-state index in [9.17, 15) is 27.6 Å². The number of aromatic nitrogens is 5. The summed E-state index contributed by atoms with van der Waals surface area (Å²) in [7, 11) is 0. The molecular weight excluding hydrogens is 604 g/mol. The van der Waals surface area contributed by atoms with Crippen LogP contribution in [0.4, 0.5) is 29.1 Å². The number of amidine groups is 1. The van der Waals surface area contributed by atoms with E-state index in [2.05, 4.69) is 51.5 Å². The molecule has 0 spiro atoms. The zero-order chi connectivity index (χ0) is 27.9. The van der Waals surface area contributed by atoms with Crippen molar-refractivity contribution in [2.45, 2.75) is 13.1 Å². The van der Waals surface area contributed by atoms with Crippen molar-refractivity contribution in [1.29, 1.82) is 0 Å². The van der Waals surface area contributed by atoms with Crippen LogP contribution in [0.5, 0.6) is 0 Å². The summed E-state index contributed by atoms with van der Waals surface area (Å²) in [6, 6.07) is 3.98. The number of carbonyl (C=O) groups is 2. The quantitative estimate of drug-likeness (QED) is 0.0968. The van der Waals surface area contributed by atoms with Gasteiger partial charge >= 0.3 is 6.18 Å². The van der Waals surface area contributed by atoms with Crippen molar-refractivity contribution < 1.29 is 37.0 Å². The lowest BCUT2D eigenvalue weighted by Crippen LogP contribution is -2.23. The highest BCUT2D eigenvalue weighted by Gasteiger charge is 2.25. The number of aldehydes is 1. The highest BCUT2D eigenvalue weighted by atomic mass is 79.9. The number of benzene rings is 1. The number of hydrogen-bond acceptors (Lipinski definition) is 11. The monoisotopic (exact) mass is 616 g/mol. The molecule has 0 saturated carbocycles. The molecule has 3 heterocycles. The molecule has 0 aliphatic heterocycles. The maximum absolute atomic E-state index is 13.4. The van der Waals surface area contributed by atoms with Gasteiger partial charge in [0.05, 0.1) is 22.1 Å². The van der Waals surface area contributed by atoms with Gasteiger partial charge in [0, 0.05) is 12.4 Å². The van der Waals surface area contributed by atoms with Crippen LogP contribution >= 0.6 is 27.3 Å². The molecule has 198 valence electrons. The van der Waals surface area contributed by atoms with Crippen molar-refractivity contribution in [2.24, 2.45) is 4.99 Å². The SMILES string of the molecule is Cc1nc(-c2cnccn2)sc1C(=O)Nc1nonc1C(=Nc1ccc(F)c(Br)c1)NO.O=CC(F)(F)F. The molecule has 0 atom stereocenters. The maximum Gasteiger partial charge on any atom is 0.446 e. The molecule has 3 N–H and O–H groups in total. The lowest BCUT2D eigenvalue weighted by molar-refractivity contribution is -0.156. The van der Waals surface area contributed by atoms with Gasteiger partial charge in [-0.2, -0.15) is 13.2 Å². The predicted octanol–water partition coefficient (Wildman–Crippen LogP) is 4.25. The molecule has 0 fully saturated rings. The molecule has 1 aromatic carbocycles. The number of nitrogens with one attached hydrogen (secondary N) is 2. The molecule has 1 amide bonds. The molecule has 38 heavy (non-hydrogen) atoms. The van der Waals surface area contributed by atoms with Gasteiger partial charge in [-0.15, -0.1) is 11.3 Å². The van der Waals surface area contributed by atoms with E-state index in [-0.39, 0.29) is 21.8 Å². The summed E-state index contributed by atoms with van der Waals surface area (Å²) >= 11 is 4.19. The topological polar surface area (TPSA) is 168 Å². The van der Waals surface area contributed by atoms with Gasteiger partial charge in [0.25, 0.3) is 5.91 Å². The molecule has 4 aromatic rings. The lowest BCUT2D eigenvalue weighted by atomic mass is 10.3. The number of thiazole rings is 1. The Morgan fingerprint density at radius 2 is 2.00 bits per heavy atom. The molecule has 4 rings (SSSR count). The minimum atomic E-state index is -4.64. The fraction of sp³-hybridized carbons (Fsp3) is 0.100. The summed E-state index contributed by atoms with van der Waals surface area (Å²) < 4.78 is 49.6. The standard InChI is InChI=1S/C18H12BrFN8O3S.C2HF3O/c1-8-14(32-18(23-8)12-7-21-4-5-22-12)17(29)25-16-13(27-31-28-16)15(26-30)24-9-2-3-11(20)10(19)6-9;3-2(4,5)1-6/h2-7,30H,1H3,(H,24,26)(H,25,28,29);1H. The number of carbonyl (C=O) groups excluding carboxylic acids is 2. The summed E-state index contributed by atoms with van der Waals surface area (Å²) in [4.78, 5) is 38.5. The molecule has 3 aromatic heterocycles. The van der Waals surface area contributed by atoms with E-state index in [1.807, 2.05) is 5.48 Å². The maximum atomic E-state index is 13.4. The number of alkyl halides is 3. The second-order valence-corrected chi connectivity index (χ2v) is 8.62. The van der Waals surface area contributed by atoms with Gasteiger partial charge in [-0.3, -0.25) is 30.2 Å². The first-order chi connectivity index (χ1) is 18.0. The number of nitrogens with zero attached hydrogens (tertiary/aromatic N) is 6. The van der Waals surface area contributed by atoms with Crippen LogP contribution in [0.2, 0.25) is 0 Å². The molecule has 0 bridgehead atoms. The van der Waals surface area contributed by atoms with Crippen LogP contribution < -0.4 is 10.8 Å². The van der Waals surface area contributed by atoms with Gasteiger partial charge in [0.1, 0.15) is 21.4 Å². The van der Waals surface area contributed by atoms with Crippen molar-refractivity contribution in [1.82, 2.24) is 30.7 Å². The largest absolute Gasteiger partial charge is 0.446 e. The predicted molar refractivity (Wildman–Crippen MR) is 127 cm³/mol.